The van der Waals surface area contributed by atoms with E-state index in [1.54, 1.807) is 23.6 Å². The third-order valence-corrected chi connectivity index (χ3v) is 3.87. The van der Waals surface area contributed by atoms with E-state index in [1.165, 1.54) is 0 Å². The van der Waals surface area contributed by atoms with Gasteiger partial charge in [0.05, 0.1) is 17.4 Å². The number of hydrogen-bond donors (Lipinski definition) is 2. The molecule has 0 saturated heterocycles. The molecular weight excluding hydrogens is 262 g/mol. The molecule has 0 bridgehead atoms. The maximum Gasteiger partial charge on any atom is 0.163 e. The molecule has 0 aliphatic carbocycles. The Morgan fingerprint density at radius 3 is 2.74 bits per heavy atom. The number of hydrogen-bond acceptors (Lipinski definition) is 6. The van der Waals surface area contributed by atoms with Crippen LogP contribution < -0.4 is 20.5 Å². The maximum atomic E-state index is 6.03. The van der Waals surface area contributed by atoms with Gasteiger partial charge >= 0.3 is 0 Å². The second kappa shape index (κ2) is 4.97. The molecule has 0 amide bonds. The minimum absolute atomic E-state index is 0.102. The SMILES string of the molecule is CC(Nc1cc2c(cc1N)OCCO2)c1nccs1. The molecule has 5 nitrogen and oxygen atoms in total. The molecule has 1 aliphatic rings. The third kappa shape index (κ3) is 2.44. The fraction of sp³-hybridized carbons (Fsp3) is 0.308. The van der Waals surface area contributed by atoms with E-state index >= 15 is 0 Å². The summed E-state index contributed by atoms with van der Waals surface area (Å²) >= 11 is 1.61. The standard InChI is InChI=1S/C13H15N3O2S/c1-8(13-15-2-5-19-13)16-10-7-12-11(6-9(10)14)17-3-4-18-12/h2,5-8,16H,3-4,14H2,1H3. The van der Waals surface area contributed by atoms with Gasteiger partial charge in [-0.25, -0.2) is 4.98 Å². The number of aromatic nitrogens is 1. The zero-order valence-corrected chi connectivity index (χ0v) is 11.4. The predicted octanol–water partition coefficient (Wildman–Crippen LogP) is 2.67. The van der Waals surface area contributed by atoms with Crippen LogP contribution in [0.3, 0.4) is 0 Å². The van der Waals surface area contributed by atoms with Gasteiger partial charge in [0.1, 0.15) is 18.2 Å². The number of nitrogens with one attached hydrogen (secondary N) is 1. The highest BCUT2D eigenvalue weighted by molar-refractivity contribution is 7.09. The maximum absolute atomic E-state index is 6.03. The van der Waals surface area contributed by atoms with Crippen LogP contribution in [0.4, 0.5) is 11.4 Å². The molecule has 0 radical (unpaired) electrons. The Kier molecular flexibility index (Phi) is 3.16. The van der Waals surface area contributed by atoms with E-state index in [-0.39, 0.29) is 6.04 Å². The summed E-state index contributed by atoms with van der Waals surface area (Å²) in [5, 5.41) is 6.33. The Balaban J connectivity index is 1.84. The average molecular weight is 277 g/mol. The van der Waals surface area contributed by atoms with E-state index in [9.17, 15) is 0 Å². The van der Waals surface area contributed by atoms with Crippen molar-refractivity contribution in [3.8, 4) is 11.5 Å². The monoisotopic (exact) mass is 277 g/mol. The molecule has 0 spiro atoms. The lowest BCUT2D eigenvalue weighted by Gasteiger charge is -2.21. The number of thiazole rings is 1. The second-order valence-electron chi connectivity index (χ2n) is 4.32. The Morgan fingerprint density at radius 2 is 2.05 bits per heavy atom. The first-order valence-corrected chi connectivity index (χ1v) is 6.97. The van der Waals surface area contributed by atoms with E-state index in [0.29, 0.717) is 24.7 Å². The molecule has 0 saturated carbocycles. The van der Waals surface area contributed by atoms with Gasteiger partial charge in [-0.1, -0.05) is 0 Å². The van der Waals surface area contributed by atoms with Crippen molar-refractivity contribution in [3.05, 3.63) is 28.7 Å². The zero-order valence-electron chi connectivity index (χ0n) is 10.6. The first-order chi connectivity index (χ1) is 9.24. The van der Waals surface area contributed by atoms with Crippen molar-refractivity contribution >= 4 is 22.7 Å². The van der Waals surface area contributed by atoms with Crippen LogP contribution in [-0.4, -0.2) is 18.2 Å². The van der Waals surface area contributed by atoms with Gasteiger partial charge in [0, 0.05) is 23.7 Å². The quantitative estimate of drug-likeness (QED) is 0.844. The van der Waals surface area contributed by atoms with Crippen molar-refractivity contribution in [3.63, 3.8) is 0 Å². The van der Waals surface area contributed by atoms with Crippen molar-refractivity contribution in [2.75, 3.05) is 24.3 Å². The van der Waals surface area contributed by atoms with Gasteiger partial charge in [0.25, 0.3) is 0 Å². The van der Waals surface area contributed by atoms with Gasteiger partial charge in [0.2, 0.25) is 0 Å². The van der Waals surface area contributed by atoms with Gasteiger partial charge in [-0.3, -0.25) is 0 Å². The Bertz CT molecular complexity index is 572. The smallest absolute Gasteiger partial charge is 0.163 e. The van der Waals surface area contributed by atoms with Crippen LogP contribution in [0.5, 0.6) is 11.5 Å². The highest BCUT2D eigenvalue weighted by Gasteiger charge is 2.16. The molecule has 1 unspecified atom stereocenters. The molecule has 1 aliphatic heterocycles. The van der Waals surface area contributed by atoms with Crippen molar-refractivity contribution in [2.45, 2.75) is 13.0 Å². The highest BCUT2D eigenvalue weighted by atomic mass is 32.1. The first-order valence-electron chi connectivity index (χ1n) is 6.09. The lowest BCUT2D eigenvalue weighted by atomic mass is 10.2. The normalized spacial score (nSPS) is 15.0. The van der Waals surface area contributed by atoms with Crippen LogP contribution in [0.15, 0.2) is 23.7 Å². The number of benzene rings is 1. The number of rotatable bonds is 3. The van der Waals surface area contributed by atoms with E-state index < -0.39 is 0 Å². The molecule has 2 aromatic rings. The number of nitrogen functional groups attached to an aromatic ring is 1. The Hall–Kier alpha value is -1.95. The summed E-state index contributed by atoms with van der Waals surface area (Å²) in [5.74, 6) is 1.44. The van der Waals surface area contributed by atoms with Crippen LogP contribution in [0, 0.1) is 0 Å². The molecule has 1 aromatic heterocycles. The first kappa shape index (κ1) is 12.1. The highest BCUT2D eigenvalue weighted by Crippen LogP contribution is 2.38. The lowest BCUT2D eigenvalue weighted by Crippen LogP contribution is -2.16. The number of anilines is 2. The molecule has 6 heteroatoms. The van der Waals surface area contributed by atoms with Gasteiger partial charge in [-0.15, -0.1) is 11.3 Å². The summed E-state index contributed by atoms with van der Waals surface area (Å²) in [6.45, 7) is 3.18. The second-order valence-corrected chi connectivity index (χ2v) is 5.25. The van der Waals surface area contributed by atoms with Gasteiger partial charge in [0.15, 0.2) is 11.5 Å². The molecule has 1 aromatic carbocycles. The van der Waals surface area contributed by atoms with E-state index in [2.05, 4.69) is 17.2 Å². The van der Waals surface area contributed by atoms with Crippen molar-refractivity contribution in [1.82, 2.24) is 4.98 Å². The van der Waals surface area contributed by atoms with Gasteiger partial charge in [-0.05, 0) is 6.92 Å². The lowest BCUT2D eigenvalue weighted by molar-refractivity contribution is 0.172. The molecule has 1 atom stereocenters. The molecule has 3 rings (SSSR count). The summed E-state index contributed by atoms with van der Waals surface area (Å²) < 4.78 is 11.1. The van der Waals surface area contributed by atoms with E-state index in [0.717, 1.165) is 16.4 Å². The summed E-state index contributed by atoms with van der Waals surface area (Å²) in [7, 11) is 0. The van der Waals surface area contributed by atoms with Gasteiger partial charge < -0.3 is 20.5 Å². The molecule has 19 heavy (non-hydrogen) atoms. The fourth-order valence-electron chi connectivity index (χ4n) is 1.97. The van der Waals surface area contributed by atoms with Crippen LogP contribution >= 0.6 is 11.3 Å². The van der Waals surface area contributed by atoms with Gasteiger partial charge in [-0.2, -0.15) is 0 Å². The number of nitrogens with two attached hydrogens (primary N) is 1. The molecule has 3 N–H and O–H groups in total. The van der Waals surface area contributed by atoms with Crippen LogP contribution in [-0.2, 0) is 0 Å². The van der Waals surface area contributed by atoms with E-state index in [1.807, 2.05) is 11.4 Å². The van der Waals surface area contributed by atoms with Crippen molar-refractivity contribution < 1.29 is 9.47 Å². The fourth-order valence-corrected chi connectivity index (χ4v) is 2.62. The summed E-state index contributed by atoms with van der Waals surface area (Å²) in [6.07, 6.45) is 1.80. The average Bonchev–Trinajstić information content (AvgIpc) is 2.93. The Morgan fingerprint density at radius 1 is 1.32 bits per heavy atom. The molecule has 100 valence electrons. The van der Waals surface area contributed by atoms with Crippen LogP contribution in [0.1, 0.15) is 18.0 Å². The van der Waals surface area contributed by atoms with Crippen molar-refractivity contribution in [1.29, 1.82) is 0 Å². The molecular formula is C13H15N3O2S. The predicted molar refractivity (Wildman–Crippen MR) is 76.0 cm³/mol. The molecule has 2 heterocycles. The van der Waals surface area contributed by atoms with Crippen LogP contribution in [0.25, 0.3) is 0 Å². The van der Waals surface area contributed by atoms with Crippen LogP contribution in [0.2, 0.25) is 0 Å². The number of ether oxygens (including phenoxy) is 2. The third-order valence-electron chi connectivity index (χ3n) is 2.91. The summed E-state index contributed by atoms with van der Waals surface area (Å²) in [6, 6.07) is 3.78. The van der Waals surface area contributed by atoms with Crippen molar-refractivity contribution in [2.24, 2.45) is 0 Å². The topological polar surface area (TPSA) is 69.4 Å². The number of fused-ring (bicyclic) bond motifs is 1. The minimum atomic E-state index is 0.102. The summed E-state index contributed by atoms with van der Waals surface area (Å²) in [4.78, 5) is 4.29. The molecule has 0 fully saturated rings. The Labute approximate surface area is 115 Å². The minimum Gasteiger partial charge on any atom is -0.486 e. The summed E-state index contributed by atoms with van der Waals surface area (Å²) in [5.41, 5.74) is 7.52. The van der Waals surface area contributed by atoms with E-state index in [4.69, 9.17) is 15.2 Å². The zero-order chi connectivity index (χ0) is 13.2. The largest absolute Gasteiger partial charge is 0.486 e. The number of nitrogens with zero attached hydrogens (tertiary/aromatic N) is 1.